The van der Waals surface area contributed by atoms with Crippen LogP contribution in [0, 0.1) is 26.8 Å². The minimum absolute atomic E-state index is 0. The number of sulfone groups is 1. The van der Waals surface area contributed by atoms with Crippen LogP contribution >= 0.6 is 223 Å². The Morgan fingerprint density at radius 1 is 0.481 bits per heavy atom. The number of amides is 6. The number of hydrogen-bond donors (Lipinski definition) is 6. The molecule has 10 aromatic carbocycles. The monoisotopic (exact) mass is 2570 g/mol. The quantitative estimate of drug-likeness (QED) is 0.00719. The van der Waals surface area contributed by atoms with Crippen molar-refractivity contribution in [2.75, 3.05) is 65.0 Å². The normalized spacial score (nSPS) is 15.2. The summed E-state index contributed by atoms with van der Waals surface area (Å²) in [7, 11) is -4.94. The molecule has 0 saturated carbocycles. The third kappa shape index (κ3) is 35.9. The van der Waals surface area contributed by atoms with Crippen LogP contribution in [0.1, 0.15) is 72.1 Å². The summed E-state index contributed by atoms with van der Waals surface area (Å²) < 4.78 is 92.9. The molecule has 0 spiro atoms. The van der Waals surface area contributed by atoms with Gasteiger partial charge in [-0.05, 0) is 305 Å². The van der Waals surface area contributed by atoms with Crippen LogP contribution < -0.4 is 62.3 Å². The molecule has 706 valence electrons. The minimum Gasteiger partial charge on any atom is -0.796 e. The molecular formula is C90H74Br6Cl6F4IN10NaO11S6. The average Bonchev–Trinajstić information content (AvgIpc) is 0.842. The molecule has 4 aliphatic rings. The fraction of sp³-hybridized carbons (Fsp3) is 0.156. The van der Waals surface area contributed by atoms with Crippen LogP contribution in [-0.2, 0) is 57.2 Å². The number of rotatable bonds is 13. The van der Waals surface area contributed by atoms with Gasteiger partial charge in [-0.15, -0.1) is 35.3 Å². The van der Waals surface area contributed by atoms with Crippen LogP contribution in [0.25, 0.3) is 0 Å². The number of isocyanates is 1. The number of nitrogens with zero attached hydrogens (tertiary/aromatic N) is 4. The molecule has 0 saturated heterocycles. The van der Waals surface area contributed by atoms with E-state index in [0.717, 1.165) is 54.8 Å². The van der Waals surface area contributed by atoms with Gasteiger partial charge in [-0.25, -0.2) is 45.2 Å². The van der Waals surface area contributed by atoms with E-state index in [2.05, 4.69) is 157 Å². The van der Waals surface area contributed by atoms with E-state index in [4.69, 9.17) is 81.1 Å². The Labute approximate surface area is 913 Å². The summed E-state index contributed by atoms with van der Waals surface area (Å²) in [5.41, 5.74) is 17.2. The molecule has 14 rings (SSSR count). The molecule has 45 heteroatoms. The fourth-order valence-corrected chi connectivity index (χ4v) is 21.0. The zero-order valence-corrected chi connectivity index (χ0v) is 94.3. The number of carbonyl (C=O) groups is 7. The van der Waals surface area contributed by atoms with E-state index in [0.29, 0.717) is 83.7 Å². The van der Waals surface area contributed by atoms with Crippen molar-refractivity contribution in [3.8, 4) is 0 Å². The molecule has 10 aromatic rings. The van der Waals surface area contributed by atoms with Crippen LogP contribution in [0.15, 0.2) is 275 Å². The number of nitrogen functional groups attached to an aromatic ring is 2. The molecule has 0 fully saturated rings. The summed E-state index contributed by atoms with van der Waals surface area (Å²) in [4.78, 5) is 106. The topological polar surface area (TPSA) is 310 Å². The second-order valence-electron chi connectivity index (χ2n) is 27.6. The van der Waals surface area contributed by atoms with Crippen LogP contribution in [0.2, 0.25) is 30.1 Å². The molecule has 8 N–H and O–H groups in total. The third-order valence-corrected chi connectivity index (χ3v) is 30.6. The molecule has 1 unspecified atom stereocenters. The van der Waals surface area contributed by atoms with Gasteiger partial charge in [-0.2, -0.15) is 11.2 Å². The first-order chi connectivity index (χ1) is 63.4. The van der Waals surface area contributed by atoms with Crippen molar-refractivity contribution >= 4 is 338 Å². The van der Waals surface area contributed by atoms with Gasteiger partial charge in [0.05, 0.1) is 97.6 Å². The van der Waals surface area contributed by atoms with Gasteiger partial charge in [0.15, 0.2) is 33.0 Å². The SMILES string of the molecule is CS(=O)(=O)c1cc(NC(=O)N2C=CC(=O)C[C@H]2c2ccc(F)cc2)c(Br)cc1Cl.CS(=O)c1cc(NC(=O)N2C=CC(=O)C[C@H]2c2ccc(F)cc2)c(Br)cc1Cl.CSc1cc(N)c(Br)cc1Cl.CSc1cc(N=C=O)c(Br)cc1Cl.CSc1cc(NC(=O)N2C=CC(=O)C[C@H]2c2ccc(F)cc2)c(Br)cc1Cl.C[S-].Nc1cc(I)c(Cl)cc1Br.O=C1C=CN[C@H](c2ccc(F)cc2)C1.[Na+]. The predicted octanol–water partition coefficient (Wildman–Crippen LogP) is 25.4. The Balaban J connectivity index is 0.000000250. The number of thioether (sulfide) groups is 3. The van der Waals surface area contributed by atoms with Gasteiger partial charge in [0.25, 0.3) is 0 Å². The molecule has 4 aliphatic heterocycles. The number of hydrogen-bond acceptors (Lipinski definition) is 19. The number of urea groups is 3. The maximum Gasteiger partial charge on any atom is 1.00 e. The maximum absolute atomic E-state index is 13.2. The summed E-state index contributed by atoms with van der Waals surface area (Å²) >= 11 is 66.4. The number of halogens is 17. The van der Waals surface area contributed by atoms with Gasteiger partial charge >= 0.3 is 47.7 Å². The molecule has 4 heterocycles. The second kappa shape index (κ2) is 57.2. The predicted molar refractivity (Wildman–Crippen MR) is 566 cm³/mol. The Bertz CT molecular complexity index is 6300. The van der Waals surface area contributed by atoms with E-state index in [1.54, 1.807) is 97.0 Å². The van der Waals surface area contributed by atoms with Gasteiger partial charge in [0, 0.05) is 119 Å². The Hall–Kier alpha value is -6.00. The van der Waals surface area contributed by atoms with Crippen molar-refractivity contribution in [3.05, 3.63) is 325 Å². The van der Waals surface area contributed by atoms with Crippen LogP contribution in [0.3, 0.4) is 0 Å². The third-order valence-electron chi connectivity index (χ3n) is 18.6. The Morgan fingerprint density at radius 3 is 1.18 bits per heavy atom. The molecule has 6 amide bonds. The number of carbonyl (C=O) groups excluding carboxylic acids is 8. The number of benzene rings is 10. The summed E-state index contributed by atoms with van der Waals surface area (Å²) in [6, 6.07) is 39.9. The minimum atomic E-state index is -3.61. The van der Waals surface area contributed by atoms with Crippen molar-refractivity contribution in [1.29, 1.82) is 0 Å². The van der Waals surface area contributed by atoms with Crippen molar-refractivity contribution in [1.82, 2.24) is 20.0 Å². The van der Waals surface area contributed by atoms with E-state index in [1.165, 1.54) is 172 Å². The first-order valence-electron chi connectivity index (χ1n) is 38.0. The van der Waals surface area contributed by atoms with Crippen LogP contribution in [0.4, 0.5) is 66.1 Å². The zero-order valence-electron chi connectivity index (χ0n) is 71.2. The van der Waals surface area contributed by atoms with Crippen molar-refractivity contribution in [3.63, 3.8) is 0 Å². The summed E-state index contributed by atoms with van der Waals surface area (Å²) in [6.45, 7) is 0. The smallest absolute Gasteiger partial charge is 0.796 e. The van der Waals surface area contributed by atoms with Gasteiger partial charge in [0.1, 0.15) is 23.3 Å². The van der Waals surface area contributed by atoms with Crippen LogP contribution in [-0.4, -0.2) is 112 Å². The zero-order chi connectivity index (χ0) is 99.3. The molecule has 0 aromatic heterocycles. The van der Waals surface area contributed by atoms with Crippen LogP contribution in [0.5, 0.6) is 0 Å². The van der Waals surface area contributed by atoms with Gasteiger partial charge in [-0.1, -0.05) is 118 Å². The second-order valence-corrected chi connectivity index (χ2v) is 42.2. The molecule has 0 bridgehead atoms. The average molecular weight is 2580 g/mol. The summed E-state index contributed by atoms with van der Waals surface area (Å²) in [6.07, 6.45) is 23.3. The van der Waals surface area contributed by atoms with E-state index in [9.17, 15) is 68.5 Å². The number of ketones is 4. The Morgan fingerprint density at radius 2 is 0.807 bits per heavy atom. The number of anilines is 5. The summed E-state index contributed by atoms with van der Waals surface area (Å²) in [5, 5.41) is 14.3. The first-order valence-corrected chi connectivity index (χ1v) is 54.1. The van der Waals surface area contributed by atoms with E-state index >= 15 is 0 Å². The molecule has 0 radical (unpaired) electrons. The number of nitrogens with two attached hydrogens (primary N) is 2. The van der Waals surface area contributed by atoms with E-state index < -0.39 is 68.5 Å². The Kier molecular flexibility index (Phi) is 49.9. The standard InChI is InChI=1S/C19H15BrClFN2O4S.C19H15BrClFN2O3S.C19H15BrClFN2O2S.C11H10FNO.C8H5BrClNOS.C7H7BrClNS.C6H4BrClIN.CH4S.Na/c1-29(27,28)18-10-16(14(20)9-15(18)21)23-19(26)24-7-6-13(25)8-17(24)11-2-4-12(22)5-3-11;1-28(27)18-10-16(14(20)9-15(18)21)23-19(26)24-7-6-13(25)8-17(24)11-2-4-12(22)5-3-11;1-27-18-10-16(14(20)9-15(18)21)23-19(26)24-7-6-13(25)8-17(24)11-2-4-12(22)5-3-11;12-9-3-1-8(2-4-9)11-7-10(14)5-6-13-11;1-13-8-3-7(11-4-12)5(9)2-6(8)10;1-11-7-3-6(10)4(8)2-5(7)9;7-3-1-4(8)5(9)2-6(3)10;1-2;/h2-7,9-10,17H,8H2,1H3,(H,23,26);2-7,9-10,17H,8H2,1H3,(H,23,26);2-7,9-10,17H,8H2,1H3,(H,23,26);1-6,11,13H,7H2;2-3H,1H3;2-3H,10H2,1H3;1-2H,10H2;2H,1H3;/q;;;;;;;;+1/p-1/t17-;17-,28?;17-;11-;;;;;/m0000...../s1. The van der Waals surface area contributed by atoms with Crippen molar-refractivity contribution in [2.45, 2.75) is 74.3 Å². The van der Waals surface area contributed by atoms with Crippen molar-refractivity contribution < 1.29 is 98.1 Å². The molecule has 0 aliphatic carbocycles. The molecule has 5 atom stereocenters. The molecule has 21 nitrogen and oxygen atoms in total. The number of aliphatic imine (C=N–C) groups is 1. The number of allylic oxidation sites excluding steroid dienone is 4. The first kappa shape index (κ1) is 118. The maximum atomic E-state index is 13.2. The van der Waals surface area contributed by atoms with Gasteiger partial charge in [0.2, 0.25) is 6.08 Å². The summed E-state index contributed by atoms with van der Waals surface area (Å²) in [5.74, 6) is -1.76. The van der Waals surface area contributed by atoms with Crippen molar-refractivity contribution in [2.24, 2.45) is 4.99 Å². The van der Waals surface area contributed by atoms with Gasteiger partial charge < -0.3 is 45.4 Å². The largest absolute Gasteiger partial charge is 1.00 e. The molecule has 135 heavy (non-hydrogen) atoms. The molecular weight excluding hydrogens is 2510 g/mol. The van der Waals surface area contributed by atoms with E-state index in [1.807, 2.05) is 37.0 Å². The van der Waals surface area contributed by atoms with Gasteiger partial charge in [-0.3, -0.25) is 38.1 Å². The van der Waals surface area contributed by atoms with E-state index in [-0.39, 0.29) is 105 Å². The number of nitrogens with one attached hydrogen (secondary N) is 4. The fourth-order valence-electron chi connectivity index (χ4n) is 12.0.